The number of Topliss-reactive ketones (excluding diaryl/α,β-unsaturated/α-hetero) is 2. The molecule has 0 radical (unpaired) electrons. The maximum Gasteiger partial charge on any atom is 0.255 e. The van der Waals surface area contributed by atoms with Crippen molar-refractivity contribution in [2.45, 2.75) is 24.5 Å². The van der Waals surface area contributed by atoms with Crippen LogP contribution < -0.4 is 17.2 Å². The third-order valence-corrected chi connectivity index (χ3v) is 6.82. The Morgan fingerprint density at radius 3 is 2.50 bits per heavy atom. The number of aromatic hydroxyl groups is 1. The number of amides is 1. The van der Waals surface area contributed by atoms with Gasteiger partial charge < -0.3 is 42.4 Å². The molecule has 11 heteroatoms. The highest BCUT2D eigenvalue weighted by molar-refractivity contribution is 6.25. The van der Waals surface area contributed by atoms with Crippen LogP contribution in [0.25, 0.3) is 0 Å². The van der Waals surface area contributed by atoms with Crippen molar-refractivity contribution in [3.8, 4) is 5.75 Å². The molecule has 0 bridgehead atoms. The number of aliphatic hydroxyl groups excluding tert-OH is 2. The number of benzene rings is 1. The monoisotopic (exact) mass is 445 g/mol. The number of phenolic OH excluding ortho intramolecular Hbond substituents is 1. The molecule has 1 amide bonds. The van der Waals surface area contributed by atoms with Gasteiger partial charge in [0, 0.05) is 24.1 Å². The highest BCUT2D eigenvalue weighted by Gasteiger charge is 2.65. The summed E-state index contributed by atoms with van der Waals surface area (Å²) < 4.78 is 5.33. The number of carbonyl (C=O) groups is 3. The van der Waals surface area contributed by atoms with Crippen LogP contribution in [0.2, 0.25) is 0 Å². The van der Waals surface area contributed by atoms with E-state index < -0.39 is 57.5 Å². The Morgan fingerprint density at radius 1 is 1.25 bits per heavy atom. The number of rotatable bonds is 3. The number of aliphatic hydroxyl groups is 3. The molecule has 0 aromatic heterocycles. The van der Waals surface area contributed by atoms with Crippen molar-refractivity contribution < 1.29 is 39.5 Å². The molecule has 32 heavy (non-hydrogen) atoms. The maximum atomic E-state index is 13.5. The second-order valence-corrected chi connectivity index (χ2v) is 8.53. The molecule has 0 saturated carbocycles. The SMILES string of the molecule is COC[C@@]12Cc3c(N)ccc(O)c3C(=O)C1=C(O)[C@]1(O)C(=O)C(C(N)=O)=C(O)[C@@H](N)[C@@H]1C2. The van der Waals surface area contributed by atoms with Crippen LogP contribution in [0.5, 0.6) is 5.75 Å². The third kappa shape index (κ3) is 2.49. The predicted molar refractivity (Wildman–Crippen MR) is 109 cm³/mol. The second kappa shape index (κ2) is 6.79. The lowest BCUT2D eigenvalue weighted by Crippen LogP contribution is -2.65. The van der Waals surface area contributed by atoms with Crippen molar-refractivity contribution in [1.29, 1.82) is 0 Å². The first-order valence-electron chi connectivity index (χ1n) is 9.76. The Kier molecular flexibility index (Phi) is 4.63. The van der Waals surface area contributed by atoms with Gasteiger partial charge in [-0.15, -0.1) is 0 Å². The summed E-state index contributed by atoms with van der Waals surface area (Å²) in [5.41, 5.74) is 12.3. The molecule has 10 N–H and O–H groups in total. The first kappa shape index (κ1) is 21.8. The van der Waals surface area contributed by atoms with Crippen molar-refractivity contribution in [2.75, 3.05) is 19.5 Å². The third-order valence-electron chi connectivity index (χ3n) is 6.82. The van der Waals surface area contributed by atoms with Crippen LogP contribution in [0, 0.1) is 11.3 Å². The molecule has 0 aliphatic heterocycles. The zero-order chi connectivity index (χ0) is 23.7. The van der Waals surface area contributed by atoms with Crippen molar-refractivity contribution >= 4 is 23.2 Å². The molecular formula is C21H23N3O8. The van der Waals surface area contributed by atoms with Crippen molar-refractivity contribution in [1.82, 2.24) is 0 Å². The summed E-state index contributed by atoms with van der Waals surface area (Å²) in [5, 5.41) is 43.3. The van der Waals surface area contributed by atoms with Crippen molar-refractivity contribution in [2.24, 2.45) is 22.8 Å². The number of carbonyl (C=O) groups excluding carboxylic acids is 3. The fourth-order valence-electron chi connectivity index (χ4n) is 5.38. The van der Waals surface area contributed by atoms with Crippen LogP contribution in [0.4, 0.5) is 5.69 Å². The summed E-state index contributed by atoms with van der Waals surface area (Å²) in [6.07, 6.45) is -0.164. The number of nitrogens with two attached hydrogens (primary N) is 3. The highest BCUT2D eigenvalue weighted by Crippen LogP contribution is 2.57. The number of ether oxygens (including phenoxy) is 1. The number of hydrogen-bond donors (Lipinski definition) is 7. The molecule has 11 nitrogen and oxygen atoms in total. The van der Waals surface area contributed by atoms with Gasteiger partial charge in [0.25, 0.3) is 5.91 Å². The molecule has 1 aromatic carbocycles. The van der Waals surface area contributed by atoms with E-state index in [0.29, 0.717) is 5.56 Å². The van der Waals surface area contributed by atoms with E-state index in [4.69, 9.17) is 21.9 Å². The summed E-state index contributed by atoms with van der Waals surface area (Å²) in [4.78, 5) is 38.4. The molecule has 4 rings (SSSR count). The first-order chi connectivity index (χ1) is 14.9. The van der Waals surface area contributed by atoms with Crippen LogP contribution in [0.1, 0.15) is 22.3 Å². The maximum absolute atomic E-state index is 13.5. The Hall–Kier alpha value is -3.41. The molecular weight excluding hydrogens is 422 g/mol. The van der Waals surface area contributed by atoms with E-state index in [0.717, 1.165) is 0 Å². The standard InChI is InChI=1S/C21H23N3O8/c1-32-6-20-4-7-9(22)2-3-10(25)11(7)15(26)13(20)18(29)21(31)8(5-20)14(23)16(27)12(17(21)28)19(24)30/h2-3,8,14,25,27,29,31H,4-6,22-23H2,1H3,(H2,24,30)/t8-,14-,20-,21+/m0/s1. The number of primary amides is 1. The highest BCUT2D eigenvalue weighted by atomic mass is 16.5. The molecule has 0 fully saturated rings. The average molecular weight is 445 g/mol. The Labute approximate surface area is 181 Å². The Bertz CT molecular complexity index is 1160. The second-order valence-electron chi connectivity index (χ2n) is 8.53. The van der Waals surface area contributed by atoms with E-state index in [9.17, 15) is 34.8 Å². The lowest BCUT2D eigenvalue weighted by Gasteiger charge is -2.52. The van der Waals surface area contributed by atoms with Crippen LogP contribution in [-0.2, 0) is 20.7 Å². The van der Waals surface area contributed by atoms with Gasteiger partial charge in [0.2, 0.25) is 5.78 Å². The molecule has 0 spiro atoms. The number of methoxy groups -OCH3 is 1. The minimum atomic E-state index is -2.79. The van der Waals surface area contributed by atoms with Crippen LogP contribution >= 0.6 is 0 Å². The number of phenols is 1. The van der Waals surface area contributed by atoms with E-state index in [1.165, 1.54) is 19.2 Å². The molecule has 0 saturated heterocycles. The van der Waals surface area contributed by atoms with Crippen LogP contribution in [0.15, 0.2) is 34.8 Å². The molecule has 1 aromatic rings. The minimum Gasteiger partial charge on any atom is -0.510 e. The number of nitrogen functional groups attached to an aromatic ring is 1. The predicted octanol–water partition coefficient (Wildman–Crippen LogP) is -0.883. The quantitative estimate of drug-likeness (QED) is 0.173. The van der Waals surface area contributed by atoms with E-state index in [2.05, 4.69) is 0 Å². The molecule has 0 unspecified atom stereocenters. The normalized spacial score (nSPS) is 31.8. The summed E-state index contributed by atoms with van der Waals surface area (Å²) >= 11 is 0. The van der Waals surface area contributed by atoms with Crippen LogP contribution in [-0.4, -0.2) is 63.3 Å². The van der Waals surface area contributed by atoms with E-state index in [1.807, 2.05) is 0 Å². The van der Waals surface area contributed by atoms with E-state index >= 15 is 0 Å². The van der Waals surface area contributed by atoms with Gasteiger partial charge in [-0.2, -0.15) is 0 Å². The number of fused-ring (bicyclic) bond motifs is 3. The van der Waals surface area contributed by atoms with E-state index in [-0.39, 0.29) is 42.0 Å². The fraction of sp³-hybridized carbons (Fsp3) is 0.381. The van der Waals surface area contributed by atoms with Gasteiger partial charge in [-0.05, 0) is 30.5 Å². The molecule has 0 heterocycles. The summed E-state index contributed by atoms with van der Waals surface area (Å²) in [6, 6.07) is 1.20. The Balaban J connectivity index is 2.05. The zero-order valence-corrected chi connectivity index (χ0v) is 17.1. The van der Waals surface area contributed by atoms with Crippen molar-refractivity contribution in [3.63, 3.8) is 0 Å². The van der Waals surface area contributed by atoms with Gasteiger partial charge >= 0.3 is 0 Å². The lowest BCUT2D eigenvalue weighted by molar-refractivity contribution is -0.148. The van der Waals surface area contributed by atoms with Crippen molar-refractivity contribution in [3.05, 3.63) is 45.9 Å². The molecule has 3 aliphatic carbocycles. The molecule has 4 atom stereocenters. The molecule has 170 valence electrons. The Morgan fingerprint density at radius 2 is 1.91 bits per heavy atom. The largest absolute Gasteiger partial charge is 0.510 e. The van der Waals surface area contributed by atoms with Gasteiger partial charge in [0.05, 0.1) is 23.8 Å². The van der Waals surface area contributed by atoms with Crippen LogP contribution in [0.3, 0.4) is 0 Å². The first-order valence-corrected chi connectivity index (χ1v) is 9.76. The minimum absolute atomic E-state index is 0.0161. The van der Waals surface area contributed by atoms with E-state index in [1.54, 1.807) is 0 Å². The van der Waals surface area contributed by atoms with Gasteiger partial charge in [-0.3, -0.25) is 14.4 Å². The number of anilines is 1. The van der Waals surface area contributed by atoms with Gasteiger partial charge in [0.15, 0.2) is 11.4 Å². The number of hydrogen-bond acceptors (Lipinski definition) is 10. The molecule has 3 aliphatic rings. The summed E-state index contributed by atoms with van der Waals surface area (Å²) in [7, 11) is 1.37. The summed E-state index contributed by atoms with van der Waals surface area (Å²) in [5.74, 6) is -7.08. The smallest absolute Gasteiger partial charge is 0.255 e. The topological polar surface area (TPSA) is 219 Å². The van der Waals surface area contributed by atoms with Gasteiger partial charge in [0.1, 0.15) is 22.8 Å². The average Bonchev–Trinajstić information content (AvgIpc) is 2.71. The lowest BCUT2D eigenvalue weighted by atomic mass is 9.53. The fourth-order valence-corrected chi connectivity index (χ4v) is 5.38. The zero-order valence-electron chi connectivity index (χ0n) is 17.1. The van der Waals surface area contributed by atoms with Gasteiger partial charge in [-0.1, -0.05) is 0 Å². The van der Waals surface area contributed by atoms with Gasteiger partial charge in [-0.25, -0.2) is 0 Å². The summed E-state index contributed by atoms with van der Waals surface area (Å²) in [6.45, 7) is -0.132. The number of ketones is 2.